The van der Waals surface area contributed by atoms with Crippen LogP contribution in [0.25, 0.3) is 11.5 Å². The smallest absolute Gasteiger partial charge is 0.358 e. The summed E-state index contributed by atoms with van der Waals surface area (Å²) in [6.07, 6.45) is -4.29. The monoisotopic (exact) mass is 654 g/mol. The average molecular weight is 655 g/mol. The minimum Gasteiger partial charge on any atom is -0.507 e. The van der Waals surface area contributed by atoms with Crippen molar-refractivity contribution in [1.29, 1.82) is 0 Å². The number of ether oxygens (including phenoxy) is 3. The summed E-state index contributed by atoms with van der Waals surface area (Å²) in [7, 11) is 0.956. The Morgan fingerprint density at radius 1 is 1.02 bits per heavy atom. The molecule has 6 atom stereocenters. The van der Waals surface area contributed by atoms with Gasteiger partial charge in [0.15, 0.2) is 17.3 Å². The Morgan fingerprint density at radius 3 is 2.33 bits per heavy atom. The van der Waals surface area contributed by atoms with E-state index >= 15 is 0 Å². The topological polar surface area (TPSA) is 241 Å². The zero-order chi connectivity index (χ0) is 33.0. The molecule has 0 aromatic heterocycles. The van der Waals surface area contributed by atoms with E-state index in [0.717, 1.165) is 19.2 Å². The minimum atomic E-state index is -2.66. The quantitative estimate of drug-likeness (QED) is 0.137. The van der Waals surface area contributed by atoms with Gasteiger partial charge in [0.25, 0.3) is 5.60 Å². The fourth-order valence-electron chi connectivity index (χ4n) is 8.39. The predicted molar refractivity (Wildman–Crippen MR) is 151 cm³/mol. The second-order valence-electron chi connectivity index (χ2n) is 12.3. The van der Waals surface area contributed by atoms with Crippen LogP contribution in [-0.4, -0.2) is 96.2 Å². The van der Waals surface area contributed by atoms with Gasteiger partial charge in [0.2, 0.25) is 0 Å². The van der Waals surface area contributed by atoms with Gasteiger partial charge >= 0.3 is 5.97 Å². The highest BCUT2D eigenvalue weighted by Gasteiger charge is 2.82. The van der Waals surface area contributed by atoms with Gasteiger partial charge in [-0.2, -0.15) is 0 Å². The summed E-state index contributed by atoms with van der Waals surface area (Å²) in [6, 6.07) is 2.04. The normalized spacial score (nSPS) is 33.2. The number of aliphatic hydroxyl groups is 4. The molecule has 9 rings (SSSR count). The number of aromatic hydroxyl groups is 3. The molecule has 2 aromatic rings. The first-order valence-electron chi connectivity index (χ1n) is 14.1. The third kappa shape index (κ3) is 2.82. The van der Waals surface area contributed by atoms with Gasteiger partial charge < -0.3 is 50.0 Å². The van der Waals surface area contributed by atoms with Crippen LogP contribution in [0.15, 0.2) is 23.3 Å². The summed E-state index contributed by atoms with van der Waals surface area (Å²) in [5.41, 5.74) is -9.93. The van der Waals surface area contributed by atoms with Crippen molar-refractivity contribution in [2.45, 2.75) is 48.6 Å². The lowest BCUT2D eigenvalue weighted by Crippen LogP contribution is -2.62. The molecule has 7 N–H and O–H groups in total. The van der Waals surface area contributed by atoms with Gasteiger partial charge in [-0.1, -0.05) is 11.6 Å². The average Bonchev–Trinajstić information content (AvgIpc) is 3.80. The number of epoxide rings is 1. The van der Waals surface area contributed by atoms with E-state index < -0.39 is 138 Å². The number of halogens is 1. The Bertz CT molecular complexity index is 1990. The number of hydrogen-bond acceptors (Lipinski definition) is 14. The first kappa shape index (κ1) is 28.8. The second-order valence-corrected chi connectivity index (χ2v) is 12.6. The molecular weight excluding hydrogens is 632 g/mol. The SMILES string of the molecule is COC(=O)C12Oc3c(c(O)c(Cl)c4c3C3C(=O)C5=C(O)c6c(O)ccc(O)c6C(=O)C5(C4)C4OC34CO)C(O)=C1C(=O)CCC2O. The number of ketones is 3. The molecule has 3 fully saturated rings. The fraction of sp³-hybridized carbons (Fsp3) is 0.355. The van der Waals surface area contributed by atoms with E-state index in [1.54, 1.807) is 0 Å². The molecule has 15 heteroatoms. The highest BCUT2D eigenvalue weighted by Crippen LogP contribution is 2.72. The highest BCUT2D eigenvalue weighted by atomic mass is 35.5. The lowest BCUT2D eigenvalue weighted by atomic mass is 9.56. The number of phenolic OH excluding ortho intramolecular Hbond substituents is 3. The van der Waals surface area contributed by atoms with Crippen LogP contribution >= 0.6 is 11.6 Å². The Balaban J connectivity index is 1.50. The molecule has 46 heavy (non-hydrogen) atoms. The van der Waals surface area contributed by atoms with E-state index in [2.05, 4.69) is 0 Å². The number of phenols is 3. The summed E-state index contributed by atoms with van der Waals surface area (Å²) in [6.45, 7) is -0.876. The van der Waals surface area contributed by atoms with Gasteiger partial charge in [0.05, 0.1) is 52.3 Å². The molecule has 7 aliphatic rings. The lowest BCUT2D eigenvalue weighted by Gasteiger charge is -2.44. The zero-order valence-corrected chi connectivity index (χ0v) is 24.3. The number of methoxy groups -OCH3 is 1. The van der Waals surface area contributed by atoms with Gasteiger partial charge in [0.1, 0.15) is 57.9 Å². The Morgan fingerprint density at radius 2 is 1.67 bits per heavy atom. The van der Waals surface area contributed by atoms with Crippen molar-refractivity contribution in [2.75, 3.05) is 13.7 Å². The van der Waals surface area contributed by atoms with Crippen molar-refractivity contribution in [1.82, 2.24) is 0 Å². The first-order chi connectivity index (χ1) is 21.8. The van der Waals surface area contributed by atoms with E-state index in [9.17, 15) is 54.9 Å². The van der Waals surface area contributed by atoms with Crippen LogP contribution in [0.4, 0.5) is 0 Å². The predicted octanol–water partition coefficient (Wildman–Crippen LogP) is 1.26. The minimum absolute atomic E-state index is 0.132. The van der Waals surface area contributed by atoms with E-state index in [-0.39, 0.29) is 24.0 Å². The number of fused-ring (bicyclic) bond motifs is 3. The van der Waals surface area contributed by atoms with Crippen molar-refractivity contribution >= 4 is 46.4 Å². The molecule has 6 unspecified atom stereocenters. The lowest BCUT2D eigenvalue weighted by molar-refractivity contribution is -0.169. The number of benzene rings is 2. The van der Waals surface area contributed by atoms with Crippen molar-refractivity contribution in [3.8, 4) is 23.0 Å². The van der Waals surface area contributed by atoms with Crippen LogP contribution in [0.1, 0.15) is 51.4 Å². The second kappa shape index (κ2) is 8.59. The first-order valence-corrected chi connectivity index (χ1v) is 14.5. The van der Waals surface area contributed by atoms with Gasteiger partial charge in [-0.15, -0.1) is 0 Å². The van der Waals surface area contributed by atoms with Gasteiger partial charge in [0, 0.05) is 12.0 Å². The maximum absolute atomic E-state index is 14.7. The van der Waals surface area contributed by atoms with Crippen molar-refractivity contribution in [3.63, 3.8) is 0 Å². The molecule has 1 spiro atoms. The molecule has 238 valence electrons. The number of esters is 1. The standard InChI is InChI=1S/C31H23ClO14/c1-44-28(43)31-12(37)5-4-11(36)17(31)22(39)16-23(40)20(32)8-6-29-19(21(38)14-9(34)2-3-10(35)15(14)26(29)42)24(41)18(13(8)25(16)45-31)30(7-33)27(29)46-30/h2-3,12,18,27,33-35,37-40H,4-7H2,1H3. The van der Waals surface area contributed by atoms with Gasteiger partial charge in [-0.25, -0.2) is 4.79 Å². The highest BCUT2D eigenvalue weighted by molar-refractivity contribution is 6.34. The zero-order valence-electron chi connectivity index (χ0n) is 23.6. The molecule has 14 nitrogen and oxygen atoms in total. The summed E-state index contributed by atoms with van der Waals surface area (Å²) in [5.74, 6) is -10.2. The Kier molecular flexibility index (Phi) is 5.38. The van der Waals surface area contributed by atoms with E-state index in [0.29, 0.717) is 0 Å². The molecule has 0 radical (unpaired) electrons. The molecule has 1 saturated heterocycles. The van der Waals surface area contributed by atoms with Crippen molar-refractivity contribution < 1.29 is 69.1 Å². The summed E-state index contributed by atoms with van der Waals surface area (Å²) >= 11 is 6.72. The maximum Gasteiger partial charge on any atom is 0.358 e. The maximum atomic E-state index is 14.7. The van der Waals surface area contributed by atoms with Gasteiger partial charge in [-0.3, -0.25) is 14.4 Å². The molecule has 2 aliphatic heterocycles. The Hall–Kier alpha value is -4.63. The number of aliphatic hydroxyl groups excluding tert-OH is 4. The molecule has 0 amide bonds. The van der Waals surface area contributed by atoms with Crippen LogP contribution in [0.3, 0.4) is 0 Å². The Labute approximate surface area is 262 Å². The van der Waals surface area contributed by atoms with E-state index in [1.165, 1.54) is 0 Å². The fourth-order valence-corrected chi connectivity index (χ4v) is 8.66. The number of hydrogen-bond donors (Lipinski definition) is 7. The van der Waals surface area contributed by atoms with Crippen LogP contribution in [0.2, 0.25) is 5.02 Å². The number of carbonyl (C=O) groups is 4. The largest absolute Gasteiger partial charge is 0.507 e. The van der Waals surface area contributed by atoms with Gasteiger partial charge in [-0.05, 0) is 30.5 Å². The summed E-state index contributed by atoms with van der Waals surface area (Å²) < 4.78 is 17.0. The number of carbonyl (C=O) groups excluding carboxylic acids is 4. The van der Waals surface area contributed by atoms with E-state index in [1.807, 2.05) is 0 Å². The van der Waals surface area contributed by atoms with Crippen LogP contribution < -0.4 is 4.74 Å². The molecule has 2 aromatic carbocycles. The van der Waals surface area contributed by atoms with Crippen LogP contribution in [-0.2, 0) is 30.3 Å². The molecule has 2 saturated carbocycles. The van der Waals surface area contributed by atoms with E-state index in [4.69, 9.17) is 25.8 Å². The molecular formula is C31H23ClO14. The van der Waals surface area contributed by atoms with Crippen molar-refractivity contribution in [2.24, 2.45) is 5.41 Å². The summed E-state index contributed by atoms with van der Waals surface area (Å²) in [5, 5.41) is 77.3. The molecule has 2 heterocycles. The third-order valence-corrected chi connectivity index (χ3v) is 10.8. The van der Waals surface area contributed by atoms with Crippen LogP contribution in [0.5, 0.6) is 23.0 Å². The third-order valence-electron chi connectivity index (χ3n) is 10.4. The molecule has 2 bridgehead atoms. The molecule has 5 aliphatic carbocycles. The number of rotatable bonds is 2. The summed E-state index contributed by atoms with van der Waals surface area (Å²) in [4.78, 5) is 55.7. The number of Topliss-reactive ketones (excluding diaryl/α,β-unsaturated/α-hetero) is 3. The van der Waals surface area contributed by atoms with Crippen molar-refractivity contribution in [3.05, 3.63) is 56.1 Å². The van der Waals surface area contributed by atoms with Crippen LogP contribution in [0, 0.1) is 5.41 Å².